The van der Waals surface area contributed by atoms with Crippen LogP contribution < -0.4 is 15.6 Å². The Morgan fingerprint density at radius 3 is 2.92 bits per heavy atom. The number of amides is 2. The highest BCUT2D eigenvalue weighted by molar-refractivity contribution is 8.00. The van der Waals surface area contributed by atoms with Gasteiger partial charge in [-0.15, -0.1) is 11.8 Å². The molecule has 2 aliphatic heterocycles. The van der Waals surface area contributed by atoms with Gasteiger partial charge in [0.2, 0.25) is 11.5 Å². The van der Waals surface area contributed by atoms with Gasteiger partial charge in [-0.3, -0.25) is 14.5 Å². The Morgan fingerprint density at radius 2 is 2.24 bits per heavy atom. The Bertz CT molecular complexity index is 1370. The minimum absolute atomic E-state index is 0.0255. The fourth-order valence-corrected chi connectivity index (χ4v) is 6.10. The van der Waals surface area contributed by atoms with Gasteiger partial charge < -0.3 is 26.1 Å². The second-order valence-corrected chi connectivity index (χ2v) is 10.6. The number of pyridine rings is 1. The van der Waals surface area contributed by atoms with Crippen LogP contribution in [0.15, 0.2) is 53.1 Å². The number of nitrogens with one attached hydrogen (secondary N) is 1. The number of allylic oxidation sites excluding steroid dienone is 1. The van der Waals surface area contributed by atoms with Crippen molar-refractivity contribution in [1.29, 1.82) is 0 Å². The van der Waals surface area contributed by atoms with Crippen molar-refractivity contribution in [2.45, 2.75) is 43.5 Å². The summed E-state index contributed by atoms with van der Waals surface area (Å²) in [6.07, 6.45) is 8.52. The van der Waals surface area contributed by atoms with Crippen LogP contribution in [-0.2, 0) is 32.4 Å². The summed E-state index contributed by atoms with van der Waals surface area (Å²) in [5.41, 5.74) is 6.57. The number of aliphatic carboxylic acids is 1. The molecule has 0 radical (unpaired) electrons. The number of aliphatic hydroxyl groups is 1. The molecule has 1 fully saturated rings. The van der Waals surface area contributed by atoms with Gasteiger partial charge in [0.1, 0.15) is 23.2 Å². The minimum Gasteiger partial charge on any atom is -0.477 e. The lowest BCUT2D eigenvalue weighted by atomic mass is 10.0. The van der Waals surface area contributed by atoms with Crippen LogP contribution in [0.5, 0.6) is 0 Å². The molecular weight excluding hydrogens is 534 g/mol. The monoisotopic (exact) mass is 558 g/mol. The average Bonchev–Trinajstić information content (AvgIpc) is 3.59. The first-order chi connectivity index (χ1) is 18.4. The number of nitrogens with two attached hydrogens (primary N) is 1. The van der Waals surface area contributed by atoms with E-state index in [0.717, 1.165) is 24.4 Å². The zero-order chi connectivity index (χ0) is 26.8. The molecule has 4 heterocycles. The Kier molecular flexibility index (Phi) is 7.40. The summed E-state index contributed by atoms with van der Waals surface area (Å²) in [6.45, 7) is 0.0852. The molecule has 0 spiro atoms. The third kappa shape index (κ3) is 5.12. The van der Waals surface area contributed by atoms with Crippen molar-refractivity contribution < 1.29 is 34.0 Å². The van der Waals surface area contributed by atoms with E-state index in [0.29, 0.717) is 16.9 Å². The molecule has 2 amide bonds. The van der Waals surface area contributed by atoms with Crippen LogP contribution in [0.2, 0.25) is 0 Å². The van der Waals surface area contributed by atoms with Gasteiger partial charge in [-0.05, 0) is 25.0 Å². The molecule has 3 aliphatic rings. The topological polar surface area (TPSA) is 184 Å². The Morgan fingerprint density at radius 1 is 1.39 bits per heavy atom. The molecule has 1 saturated heterocycles. The lowest BCUT2D eigenvalue weighted by molar-refractivity contribution is -0.689. The molecule has 5 rings (SSSR count). The number of fused-ring (bicyclic) bond motifs is 1. The number of aromatic nitrogens is 3. The third-order valence-corrected chi connectivity index (χ3v) is 8.01. The van der Waals surface area contributed by atoms with Crippen LogP contribution in [0.4, 0.5) is 5.13 Å². The Balaban J connectivity index is 1.34. The second-order valence-electron chi connectivity index (χ2n) is 8.71. The summed E-state index contributed by atoms with van der Waals surface area (Å²) in [5, 5.41) is 25.5. The Labute approximate surface area is 224 Å². The molecule has 2 unspecified atom stereocenters. The molecule has 3 atom stereocenters. The highest BCUT2D eigenvalue weighted by Gasteiger charge is 2.55. The van der Waals surface area contributed by atoms with Gasteiger partial charge in [0.05, 0.1) is 6.61 Å². The quantitative estimate of drug-likeness (QED) is 0.105. The summed E-state index contributed by atoms with van der Waals surface area (Å²) in [5.74, 6) is -2.20. The first-order valence-electron chi connectivity index (χ1n) is 11.7. The summed E-state index contributed by atoms with van der Waals surface area (Å²) in [6, 6.07) is 2.53. The molecule has 15 heteroatoms. The van der Waals surface area contributed by atoms with Gasteiger partial charge in [0.15, 0.2) is 24.1 Å². The van der Waals surface area contributed by atoms with E-state index >= 15 is 0 Å². The highest BCUT2D eigenvalue weighted by Crippen LogP contribution is 2.40. The average molecular weight is 559 g/mol. The molecule has 5 N–H and O–H groups in total. The summed E-state index contributed by atoms with van der Waals surface area (Å²) in [4.78, 5) is 49.2. The van der Waals surface area contributed by atoms with Crippen LogP contribution in [0.1, 0.15) is 24.2 Å². The van der Waals surface area contributed by atoms with Crippen LogP contribution in [0.3, 0.4) is 0 Å². The van der Waals surface area contributed by atoms with Crippen molar-refractivity contribution >= 4 is 51.9 Å². The van der Waals surface area contributed by atoms with Gasteiger partial charge >= 0.3 is 5.97 Å². The summed E-state index contributed by atoms with van der Waals surface area (Å²) >= 11 is 2.24. The molecule has 2 aromatic heterocycles. The fourth-order valence-electron chi connectivity index (χ4n) is 4.33. The van der Waals surface area contributed by atoms with Crippen LogP contribution in [0, 0.1) is 0 Å². The maximum absolute atomic E-state index is 13.2. The smallest absolute Gasteiger partial charge is 0.352 e. The van der Waals surface area contributed by atoms with E-state index in [1.165, 1.54) is 16.7 Å². The van der Waals surface area contributed by atoms with Crippen molar-refractivity contribution in [1.82, 2.24) is 19.6 Å². The largest absolute Gasteiger partial charge is 0.477 e. The van der Waals surface area contributed by atoms with Crippen molar-refractivity contribution in [2.75, 3.05) is 11.5 Å². The van der Waals surface area contributed by atoms with Crippen molar-refractivity contribution in [2.24, 2.45) is 5.16 Å². The SMILES string of the molecule is Nc1nc(C(=NOC2C=CCC2)C(=O)NC2C(=O)N3C(C(=O)O)=C(C[n+]4cccc(CO)c4)CS[C@@H]23)ns1. The summed E-state index contributed by atoms with van der Waals surface area (Å²) < 4.78 is 5.80. The number of nitrogen functional groups attached to an aromatic ring is 1. The van der Waals surface area contributed by atoms with E-state index in [-0.39, 0.29) is 41.6 Å². The Hall–Kier alpha value is -3.82. The number of hydrogen-bond donors (Lipinski definition) is 4. The first-order valence-corrected chi connectivity index (χ1v) is 13.5. The number of aliphatic hydroxyl groups excluding tert-OH is 1. The number of anilines is 1. The number of hydrogen-bond acceptors (Lipinski definition) is 11. The van der Waals surface area contributed by atoms with E-state index in [1.807, 2.05) is 12.2 Å². The second kappa shape index (κ2) is 10.9. The van der Waals surface area contributed by atoms with Gasteiger partial charge in [-0.2, -0.15) is 9.36 Å². The van der Waals surface area contributed by atoms with Crippen molar-refractivity contribution in [3.8, 4) is 0 Å². The number of β-lactam (4-membered cyclic amide) rings is 1. The lowest BCUT2D eigenvalue weighted by Crippen LogP contribution is -2.71. The zero-order valence-corrected chi connectivity index (χ0v) is 21.5. The number of thioether (sulfide) groups is 1. The predicted octanol–water partition coefficient (Wildman–Crippen LogP) is -0.222. The van der Waals surface area contributed by atoms with E-state index in [1.54, 1.807) is 29.1 Å². The normalized spacial score (nSPS) is 22.8. The molecule has 2 aromatic rings. The highest BCUT2D eigenvalue weighted by atomic mass is 32.2. The van der Waals surface area contributed by atoms with Crippen LogP contribution in [-0.4, -0.2) is 71.2 Å². The molecule has 13 nitrogen and oxygen atoms in total. The molecule has 0 bridgehead atoms. The van der Waals surface area contributed by atoms with Gasteiger partial charge in [0.25, 0.3) is 11.8 Å². The number of carboxylic acids is 1. The molecule has 38 heavy (non-hydrogen) atoms. The minimum atomic E-state index is -1.23. The molecule has 198 valence electrons. The maximum atomic E-state index is 13.2. The van der Waals surface area contributed by atoms with Gasteiger partial charge in [-0.25, -0.2) is 9.36 Å². The molecule has 0 aromatic carbocycles. The van der Waals surface area contributed by atoms with E-state index < -0.39 is 29.2 Å². The third-order valence-electron chi connectivity index (χ3n) is 6.13. The van der Waals surface area contributed by atoms with Crippen LogP contribution >= 0.6 is 23.3 Å². The molecular formula is C23H24N7O6S2+. The number of rotatable bonds is 9. The standard InChI is InChI=1S/C23H23N7O6S2/c24-23-26-18(28-38-23)15(27-36-14-5-1-2-6-14)19(32)25-16-20(33)30-17(22(34)35)13(11-37-21(16)30)9-29-7-3-4-12(8-29)10-31/h1,3-5,7-8,14,16,21,31H,2,6,9-11H2,(H3-,24,25,26,28,32,34,35)/p+1/t14?,16?,21-/m0/s1. The summed E-state index contributed by atoms with van der Waals surface area (Å²) in [7, 11) is 0. The zero-order valence-electron chi connectivity index (χ0n) is 19.9. The van der Waals surface area contributed by atoms with E-state index in [2.05, 4.69) is 19.8 Å². The van der Waals surface area contributed by atoms with Gasteiger partial charge in [-0.1, -0.05) is 11.2 Å². The number of carbonyl (C=O) groups excluding carboxylic acids is 2. The number of oxime groups is 1. The van der Waals surface area contributed by atoms with Crippen molar-refractivity contribution in [3.05, 3.63) is 59.3 Å². The fraction of sp³-hybridized carbons (Fsp3) is 0.348. The number of carboxylic acid groups (broad SMARTS) is 1. The number of nitrogens with zero attached hydrogens (tertiary/aromatic N) is 5. The predicted molar refractivity (Wildman–Crippen MR) is 136 cm³/mol. The number of carbonyl (C=O) groups is 3. The van der Waals surface area contributed by atoms with Gasteiger partial charge in [0, 0.05) is 34.5 Å². The lowest BCUT2D eigenvalue weighted by Gasteiger charge is -2.49. The maximum Gasteiger partial charge on any atom is 0.352 e. The van der Waals surface area contributed by atoms with E-state index in [9.17, 15) is 24.6 Å². The van der Waals surface area contributed by atoms with Crippen molar-refractivity contribution in [3.63, 3.8) is 0 Å². The molecule has 1 aliphatic carbocycles. The first kappa shape index (κ1) is 25.8. The van der Waals surface area contributed by atoms with Crippen LogP contribution in [0.25, 0.3) is 0 Å². The van der Waals surface area contributed by atoms with E-state index in [4.69, 9.17) is 10.6 Å². The molecule has 0 saturated carbocycles.